The average molecular weight is 289 g/mol. The van der Waals surface area contributed by atoms with Crippen LogP contribution in [0.4, 0.5) is 15.0 Å². The molecular formula is C15H16FN3O2. The van der Waals surface area contributed by atoms with E-state index in [1.807, 2.05) is 0 Å². The largest absolute Gasteiger partial charge is 0.444 e. The molecule has 0 aromatic carbocycles. The second-order valence-electron chi connectivity index (χ2n) is 5.41. The molecular weight excluding hydrogens is 273 g/mol. The highest BCUT2D eigenvalue weighted by Gasteiger charge is 2.16. The molecule has 2 rings (SSSR count). The first-order valence-electron chi connectivity index (χ1n) is 6.41. The summed E-state index contributed by atoms with van der Waals surface area (Å²) >= 11 is 0. The minimum Gasteiger partial charge on any atom is -0.444 e. The third-order valence-electron chi connectivity index (χ3n) is 2.48. The highest BCUT2D eigenvalue weighted by atomic mass is 19.1. The Bertz CT molecular complexity index is 636. The van der Waals surface area contributed by atoms with Crippen molar-refractivity contribution < 1.29 is 13.9 Å². The van der Waals surface area contributed by atoms with Crippen molar-refractivity contribution in [1.29, 1.82) is 0 Å². The van der Waals surface area contributed by atoms with Gasteiger partial charge in [-0.25, -0.2) is 14.2 Å². The number of nitrogens with one attached hydrogen (secondary N) is 1. The fraction of sp³-hybridized carbons (Fsp3) is 0.267. The summed E-state index contributed by atoms with van der Waals surface area (Å²) in [4.78, 5) is 19.4. The smallest absolute Gasteiger partial charge is 0.413 e. The van der Waals surface area contributed by atoms with Gasteiger partial charge in [0.2, 0.25) is 0 Å². The summed E-state index contributed by atoms with van der Waals surface area (Å²) < 4.78 is 18.7. The summed E-state index contributed by atoms with van der Waals surface area (Å²) in [6.07, 6.45) is 3.54. The van der Waals surface area contributed by atoms with E-state index in [0.717, 1.165) is 6.20 Å². The number of hydrogen-bond acceptors (Lipinski definition) is 4. The van der Waals surface area contributed by atoms with Gasteiger partial charge >= 0.3 is 6.09 Å². The Kier molecular flexibility index (Phi) is 4.16. The monoisotopic (exact) mass is 289 g/mol. The maximum atomic E-state index is 13.6. The van der Waals surface area contributed by atoms with Gasteiger partial charge in [0.15, 0.2) is 0 Å². The molecule has 0 saturated heterocycles. The molecule has 0 aliphatic rings. The number of carbonyl (C=O) groups excluding carboxylic acids is 1. The van der Waals surface area contributed by atoms with E-state index in [2.05, 4.69) is 15.3 Å². The molecule has 0 bridgehead atoms. The number of pyridine rings is 2. The number of halogens is 1. The van der Waals surface area contributed by atoms with E-state index in [0.29, 0.717) is 16.9 Å². The number of nitrogens with zero attached hydrogens (tertiary/aromatic N) is 2. The first-order valence-corrected chi connectivity index (χ1v) is 6.41. The molecule has 0 radical (unpaired) electrons. The standard InChI is InChI=1S/C15H16FN3O2/c1-15(2,3)21-14(20)19-13-5-4-10(8-18-13)11-6-7-17-9-12(11)16/h4-9H,1-3H3,(H,18,19,20). The Labute approximate surface area is 122 Å². The summed E-state index contributed by atoms with van der Waals surface area (Å²) in [5.74, 6) is -0.0883. The van der Waals surface area contributed by atoms with Crippen LogP contribution in [0.25, 0.3) is 11.1 Å². The zero-order chi connectivity index (χ0) is 15.5. The number of rotatable bonds is 2. The van der Waals surface area contributed by atoms with Crippen LogP contribution in [0, 0.1) is 5.82 Å². The van der Waals surface area contributed by atoms with E-state index in [-0.39, 0.29) is 0 Å². The lowest BCUT2D eigenvalue weighted by Crippen LogP contribution is -2.27. The van der Waals surface area contributed by atoms with Gasteiger partial charge in [0, 0.05) is 23.5 Å². The van der Waals surface area contributed by atoms with E-state index >= 15 is 0 Å². The van der Waals surface area contributed by atoms with Crippen LogP contribution in [0.3, 0.4) is 0 Å². The van der Waals surface area contributed by atoms with E-state index in [9.17, 15) is 9.18 Å². The molecule has 2 heterocycles. The Balaban J connectivity index is 2.10. The number of ether oxygens (including phenoxy) is 1. The number of anilines is 1. The molecule has 0 saturated carbocycles. The predicted octanol–water partition coefficient (Wildman–Crippen LogP) is 3.63. The van der Waals surface area contributed by atoms with Gasteiger partial charge in [-0.1, -0.05) is 0 Å². The molecule has 0 atom stereocenters. The fourth-order valence-electron chi connectivity index (χ4n) is 1.64. The average Bonchev–Trinajstić information content (AvgIpc) is 2.38. The maximum absolute atomic E-state index is 13.6. The number of hydrogen-bond donors (Lipinski definition) is 1. The van der Waals surface area contributed by atoms with Crippen LogP contribution >= 0.6 is 0 Å². The highest BCUT2D eigenvalue weighted by molar-refractivity contribution is 5.83. The van der Waals surface area contributed by atoms with Crippen LogP contribution in [-0.4, -0.2) is 21.7 Å². The zero-order valence-corrected chi connectivity index (χ0v) is 12.1. The van der Waals surface area contributed by atoms with Crippen molar-refractivity contribution in [3.8, 4) is 11.1 Å². The number of carbonyl (C=O) groups is 1. The summed E-state index contributed by atoms with van der Waals surface area (Å²) in [6, 6.07) is 4.81. The summed E-state index contributed by atoms with van der Waals surface area (Å²) in [5, 5.41) is 2.51. The lowest BCUT2D eigenvalue weighted by Gasteiger charge is -2.19. The molecule has 0 spiro atoms. The maximum Gasteiger partial charge on any atom is 0.413 e. The van der Waals surface area contributed by atoms with Crippen LogP contribution in [0.15, 0.2) is 36.8 Å². The number of aromatic nitrogens is 2. The fourth-order valence-corrected chi connectivity index (χ4v) is 1.64. The molecule has 0 unspecified atom stereocenters. The van der Waals surface area contributed by atoms with Gasteiger partial charge in [-0.15, -0.1) is 0 Å². The highest BCUT2D eigenvalue weighted by Crippen LogP contribution is 2.22. The summed E-state index contributed by atoms with van der Waals surface area (Å²) in [7, 11) is 0. The third-order valence-corrected chi connectivity index (χ3v) is 2.48. The van der Waals surface area contributed by atoms with Crippen molar-refractivity contribution in [1.82, 2.24) is 9.97 Å². The van der Waals surface area contributed by atoms with Gasteiger partial charge < -0.3 is 4.74 Å². The van der Waals surface area contributed by atoms with Crippen LogP contribution < -0.4 is 5.32 Å². The first-order chi connectivity index (χ1) is 9.85. The van der Waals surface area contributed by atoms with E-state index < -0.39 is 17.5 Å². The molecule has 6 heteroatoms. The molecule has 1 amide bonds. The van der Waals surface area contributed by atoms with Gasteiger partial charge in [-0.05, 0) is 39.0 Å². The normalized spacial score (nSPS) is 11.0. The van der Waals surface area contributed by atoms with Crippen molar-refractivity contribution in [2.24, 2.45) is 0 Å². The van der Waals surface area contributed by atoms with Crippen molar-refractivity contribution in [3.63, 3.8) is 0 Å². The van der Waals surface area contributed by atoms with Gasteiger partial charge in [0.25, 0.3) is 0 Å². The molecule has 110 valence electrons. The lowest BCUT2D eigenvalue weighted by atomic mass is 10.1. The Hall–Kier alpha value is -2.50. The van der Waals surface area contributed by atoms with Crippen molar-refractivity contribution in [3.05, 3.63) is 42.6 Å². The van der Waals surface area contributed by atoms with E-state index in [1.165, 1.54) is 12.4 Å². The molecule has 0 fully saturated rings. The third kappa shape index (κ3) is 4.24. The Morgan fingerprint density at radius 3 is 2.57 bits per heavy atom. The Morgan fingerprint density at radius 1 is 1.24 bits per heavy atom. The van der Waals surface area contributed by atoms with Crippen molar-refractivity contribution in [2.45, 2.75) is 26.4 Å². The van der Waals surface area contributed by atoms with Gasteiger partial charge in [-0.3, -0.25) is 10.3 Å². The Morgan fingerprint density at radius 2 is 2.00 bits per heavy atom. The SMILES string of the molecule is CC(C)(C)OC(=O)Nc1ccc(-c2ccncc2F)cn1. The van der Waals surface area contributed by atoms with Crippen LogP contribution in [0.2, 0.25) is 0 Å². The first kappa shape index (κ1) is 14.9. The van der Waals surface area contributed by atoms with E-state index in [1.54, 1.807) is 39.0 Å². The van der Waals surface area contributed by atoms with Crippen molar-refractivity contribution >= 4 is 11.9 Å². The molecule has 0 aliphatic carbocycles. The zero-order valence-electron chi connectivity index (χ0n) is 12.1. The van der Waals surface area contributed by atoms with Crippen molar-refractivity contribution in [2.75, 3.05) is 5.32 Å². The minimum absolute atomic E-state index is 0.336. The predicted molar refractivity (Wildman–Crippen MR) is 77.3 cm³/mol. The molecule has 1 N–H and O–H groups in total. The molecule has 0 aliphatic heterocycles. The van der Waals surface area contributed by atoms with Crippen LogP contribution in [-0.2, 0) is 4.74 Å². The van der Waals surface area contributed by atoms with Crippen LogP contribution in [0.1, 0.15) is 20.8 Å². The van der Waals surface area contributed by atoms with Crippen LogP contribution in [0.5, 0.6) is 0 Å². The van der Waals surface area contributed by atoms with Gasteiger partial charge in [0.1, 0.15) is 17.2 Å². The second-order valence-corrected chi connectivity index (χ2v) is 5.41. The lowest BCUT2D eigenvalue weighted by molar-refractivity contribution is 0.0635. The topological polar surface area (TPSA) is 64.1 Å². The minimum atomic E-state index is -0.585. The molecule has 2 aromatic rings. The molecule has 21 heavy (non-hydrogen) atoms. The molecule has 2 aromatic heterocycles. The van der Waals surface area contributed by atoms with Gasteiger partial charge in [0.05, 0.1) is 6.20 Å². The quantitative estimate of drug-likeness (QED) is 0.917. The number of amides is 1. The second kappa shape index (κ2) is 5.87. The summed E-state index contributed by atoms with van der Waals surface area (Å²) in [5.41, 5.74) is 0.426. The summed E-state index contributed by atoms with van der Waals surface area (Å²) in [6.45, 7) is 5.32. The van der Waals surface area contributed by atoms with E-state index in [4.69, 9.17) is 4.74 Å². The van der Waals surface area contributed by atoms with Gasteiger partial charge in [-0.2, -0.15) is 0 Å². The molecule has 5 nitrogen and oxygen atoms in total.